The van der Waals surface area contributed by atoms with Crippen molar-refractivity contribution in [2.24, 2.45) is 5.92 Å². The van der Waals surface area contributed by atoms with E-state index in [0.29, 0.717) is 6.04 Å². The summed E-state index contributed by atoms with van der Waals surface area (Å²) in [5.41, 5.74) is 0. The maximum atomic E-state index is 3.49. The lowest BCUT2D eigenvalue weighted by atomic mass is 9.83. The highest BCUT2D eigenvalue weighted by Crippen LogP contribution is 2.29. The van der Waals surface area contributed by atoms with Crippen molar-refractivity contribution < 1.29 is 0 Å². The van der Waals surface area contributed by atoms with E-state index in [1.807, 2.05) is 0 Å². The first-order valence-electron chi connectivity index (χ1n) is 5.80. The van der Waals surface area contributed by atoms with Gasteiger partial charge >= 0.3 is 0 Å². The van der Waals surface area contributed by atoms with Crippen molar-refractivity contribution in [2.75, 3.05) is 26.2 Å². The van der Waals surface area contributed by atoms with E-state index in [4.69, 9.17) is 0 Å². The zero-order valence-corrected chi connectivity index (χ0v) is 8.76. The van der Waals surface area contributed by atoms with Crippen LogP contribution in [0.2, 0.25) is 0 Å². The van der Waals surface area contributed by atoms with Crippen LogP contribution in [0.4, 0.5) is 0 Å². The van der Waals surface area contributed by atoms with Gasteiger partial charge in [0.25, 0.3) is 0 Å². The number of nitrogens with one attached hydrogen (secondary N) is 1. The minimum Gasteiger partial charge on any atom is -0.312 e. The fraction of sp³-hybridized carbons (Fsp3) is 1.00. The van der Waals surface area contributed by atoms with Crippen LogP contribution >= 0.6 is 0 Å². The summed E-state index contributed by atoms with van der Waals surface area (Å²) in [6.45, 7) is 7.34. The molecule has 0 unspecified atom stereocenters. The average molecular weight is 182 g/mol. The fourth-order valence-corrected chi connectivity index (χ4v) is 2.36. The molecule has 0 radical (unpaired) electrons. The Bertz CT molecular complexity index is 154. The molecule has 1 heterocycles. The first-order valence-corrected chi connectivity index (χ1v) is 5.80. The van der Waals surface area contributed by atoms with E-state index in [9.17, 15) is 0 Å². The van der Waals surface area contributed by atoms with Crippen LogP contribution < -0.4 is 5.32 Å². The van der Waals surface area contributed by atoms with Gasteiger partial charge in [-0.15, -0.1) is 0 Å². The van der Waals surface area contributed by atoms with Gasteiger partial charge in [0.15, 0.2) is 0 Å². The molecule has 2 rings (SSSR count). The van der Waals surface area contributed by atoms with E-state index in [0.717, 1.165) is 5.92 Å². The van der Waals surface area contributed by atoms with Gasteiger partial charge in [-0.2, -0.15) is 0 Å². The Morgan fingerprint density at radius 1 is 1.38 bits per heavy atom. The highest BCUT2D eigenvalue weighted by Gasteiger charge is 2.20. The van der Waals surface area contributed by atoms with E-state index < -0.39 is 0 Å². The monoisotopic (exact) mass is 182 g/mol. The van der Waals surface area contributed by atoms with Crippen molar-refractivity contribution in [2.45, 2.75) is 38.6 Å². The van der Waals surface area contributed by atoms with Gasteiger partial charge < -0.3 is 10.2 Å². The van der Waals surface area contributed by atoms with Gasteiger partial charge in [0, 0.05) is 25.7 Å². The third-order valence-electron chi connectivity index (χ3n) is 3.53. The van der Waals surface area contributed by atoms with Crippen molar-refractivity contribution in [3.05, 3.63) is 0 Å². The predicted octanol–water partition coefficient (Wildman–Crippen LogP) is 1.47. The van der Waals surface area contributed by atoms with Crippen LogP contribution in [0.25, 0.3) is 0 Å². The van der Waals surface area contributed by atoms with E-state index in [1.165, 1.54) is 51.9 Å². The lowest BCUT2D eigenvalue weighted by Gasteiger charge is -2.34. The zero-order chi connectivity index (χ0) is 9.10. The smallest absolute Gasteiger partial charge is 0.0167 e. The van der Waals surface area contributed by atoms with Gasteiger partial charge in [-0.1, -0.05) is 19.3 Å². The summed E-state index contributed by atoms with van der Waals surface area (Å²) < 4.78 is 0. The molecule has 0 aromatic rings. The summed E-state index contributed by atoms with van der Waals surface area (Å²) in [4.78, 5) is 2.62. The molecule has 0 aromatic heterocycles. The molecule has 2 nitrogen and oxygen atoms in total. The molecule has 2 aliphatic rings. The molecule has 1 saturated carbocycles. The second-order valence-electron chi connectivity index (χ2n) is 4.74. The summed E-state index contributed by atoms with van der Waals surface area (Å²) in [6, 6.07) is 0.704. The molecule has 2 heteroatoms. The van der Waals surface area contributed by atoms with E-state index >= 15 is 0 Å². The Balaban J connectivity index is 1.62. The molecule has 0 amide bonds. The van der Waals surface area contributed by atoms with Crippen LogP contribution in [0.15, 0.2) is 0 Å². The molecule has 0 aromatic carbocycles. The van der Waals surface area contributed by atoms with Gasteiger partial charge in [0.2, 0.25) is 0 Å². The normalized spacial score (nSPS) is 31.6. The predicted molar refractivity (Wildman–Crippen MR) is 55.9 cm³/mol. The zero-order valence-electron chi connectivity index (χ0n) is 8.76. The second-order valence-corrected chi connectivity index (χ2v) is 4.74. The molecule has 76 valence electrons. The average Bonchev–Trinajstić information content (AvgIpc) is 2.01. The minimum atomic E-state index is 0.704. The molecule has 2 fully saturated rings. The van der Waals surface area contributed by atoms with Crippen LogP contribution in [0, 0.1) is 5.92 Å². The second kappa shape index (κ2) is 4.43. The molecule has 1 N–H and O–H groups in total. The molecule has 1 saturated heterocycles. The number of rotatable bonds is 3. The number of hydrogen-bond acceptors (Lipinski definition) is 2. The Labute approximate surface area is 81.7 Å². The third-order valence-corrected chi connectivity index (χ3v) is 3.53. The summed E-state index contributed by atoms with van der Waals surface area (Å²) in [7, 11) is 0. The highest BCUT2D eigenvalue weighted by atomic mass is 15.2. The first kappa shape index (κ1) is 9.47. The van der Waals surface area contributed by atoms with Gasteiger partial charge in [0.05, 0.1) is 0 Å². The summed E-state index contributed by atoms with van der Waals surface area (Å²) in [6.07, 6.45) is 5.94. The Kier molecular flexibility index (Phi) is 3.23. The molecule has 0 spiro atoms. The summed E-state index contributed by atoms with van der Waals surface area (Å²) >= 11 is 0. The highest BCUT2D eigenvalue weighted by molar-refractivity contribution is 4.77. The molecule has 1 aliphatic heterocycles. The topological polar surface area (TPSA) is 15.3 Å². The lowest BCUT2D eigenvalue weighted by molar-refractivity contribution is 0.175. The van der Waals surface area contributed by atoms with Gasteiger partial charge in [0.1, 0.15) is 0 Å². The molecule has 0 bridgehead atoms. The van der Waals surface area contributed by atoms with E-state index in [1.54, 1.807) is 0 Å². The number of nitrogens with zero attached hydrogens (tertiary/aromatic N) is 1. The minimum absolute atomic E-state index is 0.704. The van der Waals surface area contributed by atoms with Crippen molar-refractivity contribution in [3.8, 4) is 0 Å². The van der Waals surface area contributed by atoms with Crippen molar-refractivity contribution in [1.29, 1.82) is 0 Å². The maximum absolute atomic E-state index is 3.49. The van der Waals surface area contributed by atoms with Crippen LogP contribution in [0.5, 0.6) is 0 Å². The largest absolute Gasteiger partial charge is 0.312 e. The lowest BCUT2D eigenvalue weighted by Crippen LogP contribution is -2.49. The van der Waals surface area contributed by atoms with Crippen LogP contribution in [0.1, 0.15) is 32.6 Å². The summed E-state index contributed by atoms with van der Waals surface area (Å²) in [5.74, 6) is 1.07. The van der Waals surface area contributed by atoms with Crippen molar-refractivity contribution >= 4 is 0 Å². The standard InChI is InChI=1S/C11H22N2/c1-10-9-13(8-6-12-10)7-5-11-3-2-4-11/h10-12H,2-9H2,1H3/t10-/m0/s1. The van der Waals surface area contributed by atoms with Gasteiger partial charge in [-0.3, -0.25) is 0 Å². The summed E-state index contributed by atoms with van der Waals surface area (Å²) in [5, 5.41) is 3.49. The fourth-order valence-electron chi connectivity index (χ4n) is 2.36. The van der Waals surface area contributed by atoms with Gasteiger partial charge in [-0.05, 0) is 25.8 Å². The van der Waals surface area contributed by atoms with Crippen LogP contribution in [-0.2, 0) is 0 Å². The van der Waals surface area contributed by atoms with Crippen molar-refractivity contribution in [1.82, 2.24) is 10.2 Å². The molecular formula is C11H22N2. The molecule has 1 aliphatic carbocycles. The third kappa shape index (κ3) is 2.68. The van der Waals surface area contributed by atoms with Crippen LogP contribution in [0.3, 0.4) is 0 Å². The van der Waals surface area contributed by atoms with E-state index in [-0.39, 0.29) is 0 Å². The van der Waals surface area contributed by atoms with Crippen molar-refractivity contribution in [3.63, 3.8) is 0 Å². The number of piperazine rings is 1. The molecule has 1 atom stereocenters. The number of hydrogen-bond donors (Lipinski definition) is 1. The Morgan fingerprint density at radius 3 is 2.85 bits per heavy atom. The van der Waals surface area contributed by atoms with Gasteiger partial charge in [-0.25, -0.2) is 0 Å². The maximum Gasteiger partial charge on any atom is 0.0167 e. The quantitative estimate of drug-likeness (QED) is 0.711. The Morgan fingerprint density at radius 2 is 2.23 bits per heavy atom. The molecular weight excluding hydrogens is 160 g/mol. The van der Waals surface area contributed by atoms with E-state index in [2.05, 4.69) is 17.1 Å². The van der Waals surface area contributed by atoms with Crippen LogP contribution in [-0.4, -0.2) is 37.1 Å². The first-order chi connectivity index (χ1) is 6.34. The Hall–Kier alpha value is -0.0800. The molecule has 13 heavy (non-hydrogen) atoms. The SMILES string of the molecule is C[C@H]1CN(CCC2CCC2)CCN1.